The summed E-state index contributed by atoms with van der Waals surface area (Å²) in [5.41, 5.74) is 6.77. The number of aryl methyl sites for hydroxylation is 1. The Hall–Kier alpha value is -1.67. The minimum absolute atomic E-state index is 0.205. The number of carbonyl (C=O) groups is 1. The van der Waals surface area contributed by atoms with Crippen LogP contribution in [-0.4, -0.2) is 29.5 Å². The Balaban J connectivity index is 2.03. The van der Waals surface area contributed by atoms with Crippen LogP contribution in [0.3, 0.4) is 0 Å². The molecule has 1 amide bonds. The van der Waals surface area contributed by atoms with Gasteiger partial charge < -0.3 is 16.0 Å². The normalized spacial score (nSPS) is 10.6. The molecule has 0 radical (unpaired) electrons. The lowest BCUT2D eigenvalue weighted by atomic mass is 10.4. The van der Waals surface area contributed by atoms with E-state index in [1.807, 2.05) is 31.2 Å². The molecule has 2 aromatic rings. The van der Waals surface area contributed by atoms with Crippen molar-refractivity contribution < 1.29 is 4.79 Å². The van der Waals surface area contributed by atoms with Crippen LogP contribution in [0.25, 0.3) is 0 Å². The predicted octanol–water partition coefficient (Wildman–Crippen LogP) is 1.88. The first-order valence-corrected chi connectivity index (χ1v) is 7.87. The van der Waals surface area contributed by atoms with Crippen molar-refractivity contribution in [2.24, 2.45) is 0 Å². The minimum atomic E-state index is -0.205. The van der Waals surface area contributed by atoms with E-state index in [1.54, 1.807) is 0 Å². The highest BCUT2D eigenvalue weighted by Crippen LogP contribution is 2.27. The summed E-state index contributed by atoms with van der Waals surface area (Å²) in [5, 5.41) is 6.41. The van der Waals surface area contributed by atoms with Crippen LogP contribution in [0.5, 0.6) is 0 Å². The van der Waals surface area contributed by atoms with E-state index in [-0.39, 0.29) is 11.7 Å². The zero-order valence-electron chi connectivity index (χ0n) is 11.6. The van der Waals surface area contributed by atoms with Crippen LogP contribution < -0.4 is 16.0 Å². The predicted molar refractivity (Wildman–Crippen MR) is 83.5 cm³/mol. The number of nitrogens with zero attached hydrogens (tertiary/aromatic N) is 3. The molecule has 0 fully saturated rings. The van der Waals surface area contributed by atoms with E-state index in [0.717, 1.165) is 22.4 Å². The molecule has 2 heterocycles. The lowest BCUT2D eigenvalue weighted by Crippen LogP contribution is -2.22. The number of amides is 1. The minimum Gasteiger partial charge on any atom is -0.382 e. The smallest absolute Gasteiger partial charge is 0.265 e. The fraction of sp³-hybridized carbons (Fsp3) is 0.417. The zero-order valence-corrected chi connectivity index (χ0v) is 13.3. The van der Waals surface area contributed by atoms with E-state index in [9.17, 15) is 4.79 Å². The number of nitrogens with one attached hydrogen (secondary N) is 1. The Labute approximate surface area is 125 Å². The van der Waals surface area contributed by atoms with Crippen molar-refractivity contribution in [3.8, 4) is 0 Å². The molecule has 3 N–H and O–H groups in total. The highest BCUT2D eigenvalue weighted by molar-refractivity contribution is 7.18. The number of hydrogen-bond acceptors (Lipinski definition) is 7. The van der Waals surface area contributed by atoms with E-state index in [0.29, 0.717) is 11.4 Å². The van der Waals surface area contributed by atoms with Gasteiger partial charge in [0.1, 0.15) is 15.7 Å². The van der Waals surface area contributed by atoms with Gasteiger partial charge in [-0.25, -0.2) is 9.97 Å². The van der Waals surface area contributed by atoms with Gasteiger partial charge in [0, 0.05) is 24.7 Å². The second-order valence-corrected chi connectivity index (χ2v) is 6.21. The number of anilines is 2. The van der Waals surface area contributed by atoms with Gasteiger partial charge >= 0.3 is 0 Å². The first-order valence-electron chi connectivity index (χ1n) is 6.18. The average molecular weight is 311 g/mol. The molecule has 0 saturated heterocycles. The fourth-order valence-electron chi connectivity index (χ4n) is 1.50. The van der Waals surface area contributed by atoms with Crippen LogP contribution in [0.2, 0.25) is 0 Å². The molecule has 0 saturated carbocycles. The zero-order chi connectivity index (χ0) is 14.7. The van der Waals surface area contributed by atoms with Crippen molar-refractivity contribution in [2.75, 3.05) is 24.2 Å². The van der Waals surface area contributed by atoms with Gasteiger partial charge in [-0.1, -0.05) is 11.3 Å². The third-order valence-corrected chi connectivity index (χ3v) is 4.87. The maximum Gasteiger partial charge on any atom is 0.265 e. The van der Waals surface area contributed by atoms with Crippen molar-refractivity contribution >= 4 is 39.5 Å². The lowest BCUT2D eigenvalue weighted by Gasteiger charge is -2.10. The Morgan fingerprint density at radius 2 is 2.25 bits per heavy atom. The number of nitrogens with two attached hydrogens (primary N) is 1. The summed E-state index contributed by atoms with van der Waals surface area (Å²) >= 11 is 2.83. The number of thiazole rings is 2. The van der Waals surface area contributed by atoms with Gasteiger partial charge in [-0.3, -0.25) is 4.79 Å². The third kappa shape index (κ3) is 3.26. The summed E-state index contributed by atoms with van der Waals surface area (Å²) in [6.07, 6.45) is 0. The van der Waals surface area contributed by atoms with E-state index in [4.69, 9.17) is 5.73 Å². The van der Waals surface area contributed by atoms with Crippen LogP contribution in [0, 0.1) is 6.92 Å². The molecule has 0 unspecified atom stereocenters. The Kier molecular flexibility index (Phi) is 4.56. The van der Waals surface area contributed by atoms with Gasteiger partial charge in [0.15, 0.2) is 5.13 Å². The van der Waals surface area contributed by atoms with Crippen molar-refractivity contribution in [3.63, 3.8) is 0 Å². The molecule has 0 atom stereocenters. The van der Waals surface area contributed by atoms with Crippen LogP contribution in [0.15, 0.2) is 5.38 Å². The molecule has 0 aliphatic rings. The molecule has 20 heavy (non-hydrogen) atoms. The first kappa shape index (κ1) is 14.7. The third-order valence-electron chi connectivity index (χ3n) is 2.72. The highest BCUT2D eigenvalue weighted by Gasteiger charge is 2.17. The van der Waals surface area contributed by atoms with Gasteiger partial charge in [-0.05, 0) is 13.8 Å². The number of nitrogen functional groups attached to an aromatic ring is 1. The van der Waals surface area contributed by atoms with Gasteiger partial charge in [-0.2, -0.15) is 0 Å². The van der Waals surface area contributed by atoms with Crippen molar-refractivity contribution in [1.82, 2.24) is 15.3 Å². The maximum atomic E-state index is 12.1. The molecule has 108 valence electrons. The number of rotatable bonds is 5. The SMILES string of the molecule is CCN(C)c1nc(N)c(C(=O)NCc2nc(C)cs2)s1. The molecule has 8 heteroatoms. The van der Waals surface area contributed by atoms with Crippen LogP contribution in [0.4, 0.5) is 10.9 Å². The molecular formula is C12H17N5OS2. The summed E-state index contributed by atoms with van der Waals surface area (Å²) in [5.74, 6) is 0.0710. The van der Waals surface area contributed by atoms with E-state index in [1.165, 1.54) is 22.7 Å². The molecule has 0 aliphatic heterocycles. The van der Waals surface area contributed by atoms with Crippen LogP contribution >= 0.6 is 22.7 Å². The van der Waals surface area contributed by atoms with Crippen molar-refractivity contribution in [2.45, 2.75) is 20.4 Å². The van der Waals surface area contributed by atoms with E-state index >= 15 is 0 Å². The lowest BCUT2D eigenvalue weighted by molar-refractivity contribution is 0.0955. The van der Waals surface area contributed by atoms with E-state index < -0.39 is 0 Å². The quantitative estimate of drug-likeness (QED) is 0.880. The molecule has 0 spiro atoms. The van der Waals surface area contributed by atoms with Crippen LogP contribution in [0.1, 0.15) is 27.3 Å². The second-order valence-electron chi connectivity index (χ2n) is 4.29. The van der Waals surface area contributed by atoms with Gasteiger partial charge in [0.2, 0.25) is 0 Å². The molecule has 2 aromatic heterocycles. The molecule has 6 nitrogen and oxygen atoms in total. The fourth-order valence-corrected chi connectivity index (χ4v) is 3.14. The highest BCUT2D eigenvalue weighted by atomic mass is 32.1. The Morgan fingerprint density at radius 3 is 2.85 bits per heavy atom. The standard InChI is InChI=1S/C12H17N5OS2/c1-4-17(3)12-16-10(13)9(20-12)11(18)14-5-8-15-7(2)6-19-8/h6H,4-5,13H2,1-3H3,(H,14,18). The Morgan fingerprint density at radius 1 is 1.50 bits per heavy atom. The Bertz CT molecular complexity index is 607. The second kappa shape index (κ2) is 6.19. The van der Waals surface area contributed by atoms with Crippen molar-refractivity contribution in [1.29, 1.82) is 0 Å². The molecule has 0 aliphatic carbocycles. The molecule has 0 aromatic carbocycles. The molecular weight excluding hydrogens is 294 g/mol. The van der Waals surface area contributed by atoms with Crippen LogP contribution in [-0.2, 0) is 6.54 Å². The number of aromatic nitrogens is 2. The molecule has 2 rings (SSSR count). The van der Waals surface area contributed by atoms with Gasteiger partial charge in [0.25, 0.3) is 5.91 Å². The van der Waals surface area contributed by atoms with Gasteiger partial charge in [0.05, 0.1) is 6.54 Å². The first-order chi connectivity index (χ1) is 9.51. The van der Waals surface area contributed by atoms with Gasteiger partial charge in [-0.15, -0.1) is 11.3 Å². The summed E-state index contributed by atoms with van der Waals surface area (Å²) in [4.78, 5) is 23.0. The van der Waals surface area contributed by atoms with E-state index in [2.05, 4.69) is 15.3 Å². The number of carbonyl (C=O) groups excluding carboxylic acids is 1. The monoisotopic (exact) mass is 311 g/mol. The molecule has 0 bridgehead atoms. The summed E-state index contributed by atoms with van der Waals surface area (Å²) in [6.45, 7) is 5.16. The largest absolute Gasteiger partial charge is 0.382 e. The summed E-state index contributed by atoms with van der Waals surface area (Å²) in [6, 6.07) is 0. The maximum absolute atomic E-state index is 12.1. The van der Waals surface area contributed by atoms with Crippen molar-refractivity contribution in [3.05, 3.63) is 21.0 Å². The number of hydrogen-bond donors (Lipinski definition) is 2. The topological polar surface area (TPSA) is 84.1 Å². The average Bonchev–Trinajstić information content (AvgIpc) is 3.01. The summed E-state index contributed by atoms with van der Waals surface area (Å²) < 4.78 is 0. The summed E-state index contributed by atoms with van der Waals surface area (Å²) in [7, 11) is 1.91.